The molecule has 3 heterocycles. The van der Waals surface area contributed by atoms with Gasteiger partial charge >= 0.3 is 0 Å². The van der Waals surface area contributed by atoms with Crippen molar-refractivity contribution < 1.29 is 13.2 Å². The largest absolute Gasteiger partial charge is 0.357 e. The number of anilines is 1. The van der Waals surface area contributed by atoms with Crippen molar-refractivity contribution in [1.29, 1.82) is 0 Å². The highest BCUT2D eigenvalue weighted by Gasteiger charge is 2.31. The minimum absolute atomic E-state index is 0.104. The van der Waals surface area contributed by atoms with Crippen molar-refractivity contribution in [2.45, 2.75) is 38.1 Å². The van der Waals surface area contributed by atoms with Crippen molar-refractivity contribution >= 4 is 33.1 Å². The third kappa shape index (κ3) is 4.37. The highest BCUT2D eigenvalue weighted by atomic mass is 32.2. The Morgan fingerprint density at radius 2 is 1.93 bits per heavy atom. The van der Waals surface area contributed by atoms with E-state index in [1.54, 1.807) is 11.6 Å². The molecule has 0 aromatic carbocycles. The average Bonchev–Trinajstić information content (AvgIpc) is 3.40. The molecule has 3 rings (SSSR count). The summed E-state index contributed by atoms with van der Waals surface area (Å²) in [6, 6.07) is 5.38. The van der Waals surface area contributed by atoms with E-state index in [1.165, 1.54) is 10.4 Å². The smallest absolute Gasteiger partial charge is 0.263 e. The van der Waals surface area contributed by atoms with E-state index in [0.717, 1.165) is 48.6 Å². The van der Waals surface area contributed by atoms with E-state index in [2.05, 4.69) is 29.0 Å². The van der Waals surface area contributed by atoms with Gasteiger partial charge in [0.2, 0.25) is 10.0 Å². The lowest BCUT2D eigenvalue weighted by molar-refractivity contribution is 0.0952. The van der Waals surface area contributed by atoms with Gasteiger partial charge in [0.15, 0.2) is 0 Å². The minimum Gasteiger partial charge on any atom is -0.357 e. The average molecular weight is 423 g/mol. The Morgan fingerprint density at radius 1 is 1.21 bits per heavy atom. The van der Waals surface area contributed by atoms with Gasteiger partial charge in [-0.1, -0.05) is 6.07 Å². The second-order valence-electron chi connectivity index (χ2n) is 6.60. The standard InChI is InChI=1S/C19H26N4O3S2/c1-3-22(4-2)17-8-7-15(13-20-17)14-21-19(24)18-16(9-12-27-18)28(25,26)23-10-5-6-11-23/h7-9,12-13H,3-6,10-11,14H2,1-2H3,(H,21,24). The second kappa shape index (κ2) is 9.02. The predicted octanol–water partition coefficient (Wildman–Crippen LogP) is 2.70. The summed E-state index contributed by atoms with van der Waals surface area (Å²) < 4.78 is 27.0. The quantitative estimate of drug-likeness (QED) is 0.707. The van der Waals surface area contributed by atoms with Crippen molar-refractivity contribution in [3.05, 3.63) is 40.2 Å². The second-order valence-corrected chi connectivity index (χ2v) is 9.43. The third-order valence-corrected chi connectivity index (χ3v) is 7.85. The first-order valence-electron chi connectivity index (χ1n) is 9.53. The van der Waals surface area contributed by atoms with Crippen LogP contribution in [0.15, 0.2) is 34.7 Å². The number of thiophene rings is 1. The Labute approximate surface area is 170 Å². The Kier molecular flexibility index (Phi) is 6.69. The normalized spacial score (nSPS) is 14.9. The molecule has 0 radical (unpaired) electrons. The molecule has 1 saturated heterocycles. The lowest BCUT2D eigenvalue weighted by Gasteiger charge is -2.19. The molecule has 1 aliphatic heterocycles. The summed E-state index contributed by atoms with van der Waals surface area (Å²) >= 11 is 1.15. The van der Waals surface area contributed by atoms with Crippen molar-refractivity contribution in [3.8, 4) is 0 Å². The number of carbonyl (C=O) groups is 1. The zero-order chi connectivity index (χ0) is 20.1. The highest BCUT2D eigenvalue weighted by molar-refractivity contribution is 7.89. The van der Waals surface area contributed by atoms with Gasteiger partial charge < -0.3 is 10.2 Å². The lowest BCUT2D eigenvalue weighted by atomic mass is 10.2. The zero-order valence-electron chi connectivity index (χ0n) is 16.2. The first-order chi connectivity index (χ1) is 13.5. The summed E-state index contributed by atoms with van der Waals surface area (Å²) in [5.74, 6) is 0.526. The number of hydrogen-bond acceptors (Lipinski definition) is 6. The summed E-state index contributed by atoms with van der Waals surface area (Å²) in [6.45, 7) is 7.25. The van der Waals surface area contributed by atoms with Gasteiger partial charge in [0.05, 0.1) is 0 Å². The molecule has 0 unspecified atom stereocenters. The first-order valence-corrected chi connectivity index (χ1v) is 11.8. The molecule has 1 amide bonds. The van der Waals surface area contributed by atoms with Crippen molar-refractivity contribution in [1.82, 2.24) is 14.6 Å². The van der Waals surface area contributed by atoms with Crippen molar-refractivity contribution in [2.75, 3.05) is 31.1 Å². The zero-order valence-corrected chi connectivity index (χ0v) is 17.9. The molecule has 1 aliphatic rings. The van der Waals surface area contributed by atoms with E-state index in [4.69, 9.17) is 0 Å². The van der Waals surface area contributed by atoms with Crippen LogP contribution in [0.1, 0.15) is 41.9 Å². The number of carbonyl (C=O) groups excluding carboxylic acids is 1. The Morgan fingerprint density at radius 3 is 2.54 bits per heavy atom. The summed E-state index contributed by atoms with van der Waals surface area (Å²) in [7, 11) is -3.61. The van der Waals surface area contributed by atoms with Gasteiger partial charge in [0.25, 0.3) is 5.91 Å². The highest BCUT2D eigenvalue weighted by Crippen LogP contribution is 2.27. The van der Waals surface area contributed by atoms with Crippen LogP contribution in [0.2, 0.25) is 0 Å². The summed E-state index contributed by atoms with van der Waals surface area (Å²) in [6.07, 6.45) is 3.47. The van der Waals surface area contributed by atoms with Gasteiger partial charge in [-0.25, -0.2) is 13.4 Å². The van der Waals surface area contributed by atoms with E-state index in [9.17, 15) is 13.2 Å². The van der Waals surface area contributed by atoms with Crippen LogP contribution in [-0.4, -0.2) is 49.8 Å². The first kappa shape index (κ1) is 20.8. The maximum atomic E-state index is 12.8. The number of amides is 1. The molecule has 7 nitrogen and oxygen atoms in total. The molecular weight excluding hydrogens is 396 g/mol. The Bertz CT molecular complexity index is 900. The topological polar surface area (TPSA) is 82.6 Å². The minimum atomic E-state index is -3.61. The monoisotopic (exact) mass is 422 g/mol. The SMILES string of the molecule is CCN(CC)c1ccc(CNC(=O)c2sccc2S(=O)(=O)N2CCCC2)cn1. The molecule has 1 N–H and O–H groups in total. The molecule has 152 valence electrons. The predicted molar refractivity (Wildman–Crippen MR) is 111 cm³/mol. The van der Waals surface area contributed by atoms with Crippen LogP contribution in [-0.2, 0) is 16.6 Å². The molecular formula is C19H26N4O3S2. The molecule has 0 atom stereocenters. The van der Waals surface area contributed by atoms with Crippen LogP contribution >= 0.6 is 11.3 Å². The number of nitrogens with one attached hydrogen (secondary N) is 1. The fourth-order valence-electron chi connectivity index (χ4n) is 3.25. The van der Waals surface area contributed by atoms with E-state index in [-0.39, 0.29) is 15.7 Å². The fraction of sp³-hybridized carbons (Fsp3) is 0.474. The van der Waals surface area contributed by atoms with Crippen LogP contribution in [0.3, 0.4) is 0 Å². The van der Waals surface area contributed by atoms with Crippen LogP contribution in [0, 0.1) is 0 Å². The van der Waals surface area contributed by atoms with Crippen LogP contribution < -0.4 is 10.2 Å². The Hall–Kier alpha value is -1.97. The molecule has 28 heavy (non-hydrogen) atoms. The Balaban J connectivity index is 1.67. The molecule has 1 fully saturated rings. The number of aromatic nitrogens is 1. The van der Waals surface area contributed by atoms with Crippen molar-refractivity contribution in [3.63, 3.8) is 0 Å². The van der Waals surface area contributed by atoms with Gasteiger partial charge in [0, 0.05) is 38.9 Å². The summed E-state index contributed by atoms with van der Waals surface area (Å²) in [5.41, 5.74) is 0.866. The van der Waals surface area contributed by atoms with E-state index < -0.39 is 10.0 Å². The van der Waals surface area contributed by atoms with Gasteiger partial charge in [-0.15, -0.1) is 11.3 Å². The fourth-order valence-corrected chi connectivity index (χ4v) is 6.09. The maximum Gasteiger partial charge on any atom is 0.263 e. The van der Waals surface area contributed by atoms with Gasteiger partial charge in [-0.3, -0.25) is 4.79 Å². The lowest BCUT2D eigenvalue weighted by Crippen LogP contribution is -2.30. The summed E-state index contributed by atoms with van der Waals surface area (Å²) in [4.78, 5) is 19.5. The number of nitrogens with zero attached hydrogens (tertiary/aromatic N) is 3. The number of rotatable bonds is 8. The van der Waals surface area contributed by atoms with E-state index >= 15 is 0 Å². The molecule has 0 saturated carbocycles. The third-order valence-electron chi connectivity index (χ3n) is 4.87. The molecule has 2 aromatic rings. The van der Waals surface area contributed by atoms with Gasteiger partial charge in [0.1, 0.15) is 15.6 Å². The van der Waals surface area contributed by atoms with E-state index in [0.29, 0.717) is 19.6 Å². The summed E-state index contributed by atoms with van der Waals surface area (Å²) in [5, 5.41) is 4.47. The van der Waals surface area contributed by atoms with E-state index in [1.807, 2.05) is 12.1 Å². The number of pyridine rings is 1. The molecule has 0 spiro atoms. The number of sulfonamides is 1. The van der Waals surface area contributed by atoms with Gasteiger partial charge in [-0.05, 0) is 49.8 Å². The maximum absolute atomic E-state index is 12.8. The van der Waals surface area contributed by atoms with Crippen LogP contribution in [0.25, 0.3) is 0 Å². The molecule has 0 bridgehead atoms. The molecule has 0 aliphatic carbocycles. The van der Waals surface area contributed by atoms with Crippen LogP contribution in [0.5, 0.6) is 0 Å². The number of hydrogen-bond donors (Lipinski definition) is 1. The molecule has 2 aromatic heterocycles. The molecule has 9 heteroatoms. The van der Waals surface area contributed by atoms with Crippen molar-refractivity contribution in [2.24, 2.45) is 0 Å². The van der Waals surface area contributed by atoms with Gasteiger partial charge in [-0.2, -0.15) is 4.31 Å². The van der Waals surface area contributed by atoms with Crippen LogP contribution in [0.4, 0.5) is 5.82 Å².